The van der Waals surface area contributed by atoms with Crippen molar-refractivity contribution in [1.29, 1.82) is 5.00 Å². The van der Waals surface area contributed by atoms with E-state index in [0.717, 1.165) is 0 Å². The minimum atomic E-state index is -1.85. The molecule has 0 heterocycles. The zero-order valence-corrected chi connectivity index (χ0v) is 11.9. The van der Waals surface area contributed by atoms with E-state index in [2.05, 4.69) is 0 Å². The summed E-state index contributed by atoms with van der Waals surface area (Å²) in [6.07, 6.45) is 0. The van der Waals surface area contributed by atoms with Crippen LogP contribution < -0.4 is 0 Å². The third-order valence-corrected chi connectivity index (χ3v) is 2.53. The van der Waals surface area contributed by atoms with Crippen LogP contribution in [0.25, 0.3) is 0 Å². The minimum Gasteiger partial charge on any atom is -0.382 e. The molecule has 0 atom stereocenters. The molecule has 0 fully saturated rings. The Morgan fingerprint density at radius 2 is 1.06 bits per heavy atom. The monoisotopic (exact) mass is 283 g/mol. The molecule has 0 aliphatic heterocycles. The first kappa shape index (κ1) is 17.8. The van der Waals surface area contributed by atoms with Crippen molar-refractivity contribution in [3.63, 3.8) is 0 Å². The Labute approximate surface area is 109 Å². The second kappa shape index (κ2) is 14.8. The summed E-state index contributed by atoms with van der Waals surface area (Å²) in [5, 5.41) is 9.31. The standard InChI is InChI=1S/C10H22NO6P/c1-12-3-5-14-7-9-16-18(11)17-10-8-15-6-4-13-2/h3-10H2,1-2H3. The van der Waals surface area contributed by atoms with Crippen molar-refractivity contribution in [3.05, 3.63) is 0 Å². The normalized spacial score (nSPS) is 10.7. The summed E-state index contributed by atoms with van der Waals surface area (Å²) in [6.45, 7) is 3.49. The maximum Gasteiger partial charge on any atom is 0.336 e. The molecule has 0 N–H and O–H groups in total. The molecule has 0 aromatic heterocycles. The van der Waals surface area contributed by atoms with Crippen LogP contribution in [0.1, 0.15) is 0 Å². The van der Waals surface area contributed by atoms with Gasteiger partial charge in [-0.15, -0.1) is 0 Å². The van der Waals surface area contributed by atoms with Crippen molar-refractivity contribution in [2.75, 3.05) is 67.1 Å². The summed E-state index contributed by atoms with van der Waals surface area (Å²) < 4.78 is 29.9. The van der Waals surface area contributed by atoms with E-state index in [1.54, 1.807) is 14.2 Å². The van der Waals surface area contributed by atoms with Crippen molar-refractivity contribution in [3.8, 4) is 0 Å². The van der Waals surface area contributed by atoms with Crippen LogP contribution in [-0.4, -0.2) is 67.1 Å². The van der Waals surface area contributed by atoms with Crippen LogP contribution in [0.5, 0.6) is 0 Å². The number of hydrogen-bond acceptors (Lipinski definition) is 7. The molecule has 0 amide bonds. The Bertz CT molecular complexity index is 212. The van der Waals surface area contributed by atoms with Gasteiger partial charge in [-0.3, -0.25) is 9.05 Å². The van der Waals surface area contributed by atoms with Crippen LogP contribution in [-0.2, 0) is 28.0 Å². The van der Waals surface area contributed by atoms with Crippen LogP contribution in [0.4, 0.5) is 0 Å². The molecule has 0 bridgehead atoms. The summed E-state index contributed by atoms with van der Waals surface area (Å²) in [7, 11) is 1.36. The second-order valence-electron chi connectivity index (χ2n) is 3.11. The van der Waals surface area contributed by atoms with Gasteiger partial charge in [-0.05, 0) is 0 Å². The molecule has 7 nitrogen and oxygen atoms in total. The van der Waals surface area contributed by atoms with E-state index in [1.165, 1.54) is 0 Å². The second-order valence-corrected chi connectivity index (χ2v) is 4.11. The number of nitrogens with zero attached hydrogens (tertiary/aromatic N) is 1. The van der Waals surface area contributed by atoms with Gasteiger partial charge in [0, 0.05) is 14.2 Å². The molecule has 0 spiro atoms. The van der Waals surface area contributed by atoms with Gasteiger partial charge < -0.3 is 18.9 Å². The van der Waals surface area contributed by atoms with E-state index in [0.29, 0.717) is 39.6 Å². The fourth-order valence-electron chi connectivity index (χ4n) is 0.874. The SMILES string of the molecule is COCCOCCOP(#N)OCCOCCOC. The first-order valence-corrected chi connectivity index (χ1v) is 6.82. The Morgan fingerprint density at radius 1 is 0.667 bits per heavy atom. The average molecular weight is 283 g/mol. The first-order chi connectivity index (χ1) is 8.81. The number of methoxy groups -OCH3 is 2. The molecular weight excluding hydrogens is 261 g/mol. The first-order valence-electron chi connectivity index (χ1n) is 5.69. The van der Waals surface area contributed by atoms with Crippen molar-refractivity contribution in [2.45, 2.75) is 0 Å². The van der Waals surface area contributed by atoms with Gasteiger partial charge in [0.1, 0.15) is 0 Å². The van der Waals surface area contributed by atoms with Gasteiger partial charge in [0.25, 0.3) is 0 Å². The third-order valence-electron chi connectivity index (χ3n) is 1.72. The van der Waals surface area contributed by atoms with Gasteiger partial charge in [-0.1, -0.05) is 0 Å². The molecule has 0 aliphatic rings. The van der Waals surface area contributed by atoms with E-state index in [9.17, 15) is 5.00 Å². The van der Waals surface area contributed by atoms with Gasteiger partial charge in [0.05, 0.1) is 52.9 Å². The summed E-state index contributed by atoms with van der Waals surface area (Å²) in [5.41, 5.74) is 0. The summed E-state index contributed by atoms with van der Waals surface area (Å²) >= 11 is 0. The molecule has 0 aromatic rings. The molecule has 0 rings (SSSR count). The van der Waals surface area contributed by atoms with E-state index < -0.39 is 8.01 Å². The third kappa shape index (κ3) is 13.8. The molecule has 0 saturated heterocycles. The number of ether oxygens (including phenoxy) is 4. The predicted octanol–water partition coefficient (Wildman–Crippen LogP) is 1.14. The maximum atomic E-state index is 9.31. The molecule has 0 saturated carbocycles. The van der Waals surface area contributed by atoms with Crippen LogP contribution in [0.15, 0.2) is 0 Å². The predicted molar refractivity (Wildman–Crippen MR) is 65.9 cm³/mol. The number of hydrogen-bond donors (Lipinski definition) is 0. The lowest BCUT2D eigenvalue weighted by Crippen LogP contribution is -2.08. The summed E-state index contributed by atoms with van der Waals surface area (Å²) in [5.74, 6) is 0. The molecule has 8 heteroatoms. The van der Waals surface area contributed by atoms with Crippen molar-refractivity contribution in [1.82, 2.24) is 0 Å². The molecule has 108 valence electrons. The van der Waals surface area contributed by atoms with Crippen molar-refractivity contribution in [2.24, 2.45) is 0 Å². The van der Waals surface area contributed by atoms with Crippen LogP contribution in [0.2, 0.25) is 0 Å². The van der Waals surface area contributed by atoms with Gasteiger partial charge in [-0.25, -0.2) is 0 Å². The van der Waals surface area contributed by atoms with Crippen LogP contribution in [0.3, 0.4) is 0 Å². The molecule has 0 aromatic carbocycles. The highest BCUT2D eigenvalue weighted by molar-refractivity contribution is 7.31. The van der Waals surface area contributed by atoms with Gasteiger partial charge in [0.2, 0.25) is 0 Å². The zero-order valence-electron chi connectivity index (χ0n) is 11.0. The Balaban J connectivity index is 3.13. The van der Waals surface area contributed by atoms with Gasteiger partial charge in [-0.2, -0.15) is 5.00 Å². The highest BCUT2D eigenvalue weighted by Crippen LogP contribution is 2.19. The lowest BCUT2D eigenvalue weighted by Gasteiger charge is -2.05. The largest absolute Gasteiger partial charge is 0.382 e. The summed E-state index contributed by atoms with van der Waals surface area (Å²) in [4.78, 5) is 0. The van der Waals surface area contributed by atoms with E-state index in [1.807, 2.05) is 0 Å². The molecule has 18 heavy (non-hydrogen) atoms. The van der Waals surface area contributed by atoms with E-state index in [4.69, 9.17) is 28.0 Å². The lowest BCUT2D eigenvalue weighted by molar-refractivity contribution is 0.0467. The lowest BCUT2D eigenvalue weighted by atomic mass is 10.7. The Kier molecular flexibility index (Phi) is 14.6. The molecular formula is C10H22NO6P. The van der Waals surface area contributed by atoms with Crippen molar-refractivity contribution >= 4 is 8.01 Å². The highest BCUT2D eigenvalue weighted by Gasteiger charge is 1.99. The van der Waals surface area contributed by atoms with E-state index >= 15 is 0 Å². The summed E-state index contributed by atoms with van der Waals surface area (Å²) in [6, 6.07) is 0. The highest BCUT2D eigenvalue weighted by atomic mass is 31.1. The Morgan fingerprint density at radius 3 is 1.44 bits per heavy atom. The smallest absolute Gasteiger partial charge is 0.336 e. The quantitative estimate of drug-likeness (QED) is 0.392. The molecule has 0 aliphatic carbocycles. The fraction of sp³-hybridized carbons (Fsp3) is 1.00. The maximum absolute atomic E-state index is 9.31. The van der Waals surface area contributed by atoms with Gasteiger partial charge in [0.15, 0.2) is 0 Å². The van der Waals surface area contributed by atoms with Gasteiger partial charge >= 0.3 is 8.01 Å². The van der Waals surface area contributed by atoms with Crippen LogP contribution in [0, 0.1) is 5.00 Å². The minimum absolute atomic E-state index is 0.288. The molecule has 0 unspecified atom stereocenters. The topological polar surface area (TPSA) is 79.2 Å². The fourth-order valence-corrected chi connectivity index (χ4v) is 1.41. The van der Waals surface area contributed by atoms with E-state index in [-0.39, 0.29) is 13.2 Å². The Hall–Kier alpha value is -0.230. The number of rotatable bonds is 12. The molecule has 0 radical (unpaired) electrons. The average Bonchev–Trinajstić information content (AvgIpc) is 2.38. The van der Waals surface area contributed by atoms with Crippen molar-refractivity contribution < 1.29 is 28.0 Å². The zero-order chi connectivity index (χ0) is 13.5. The van der Waals surface area contributed by atoms with Crippen LogP contribution >= 0.6 is 8.01 Å².